The number of hydrogen-bond donors (Lipinski definition) is 3. The van der Waals surface area contributed by atoms with Crippen LogP contribution in [0.3, 0.4) is 0 Å². The summed E-state index contributed by atoms with van der Waals surface area (Å²) in [6, 6.07) is 12.8. The highest BCUT2D eigenvalue weighted by Crippen LogP contribution is 2.48. The molecule has 0 saturated heterocycles. The van der Waals surface area contributed by atoms with Gasteiger partial charge in [0.1, 0.15) is 30.2 Å². The Labute approximate surface area is 168 Å². The number of anilines is 1. The third kappa shape index (κ3) is 3.37. The highest BCUT2D eigenvalue weighted by atomic mass is 35.5. The largest absolute Gasteiger partial charge is 0.508 e. The number of halogens is 1. The number of benzene rings is 2. The Hall–Kier alpha value is -2.83. The van der Waals surface area contributed by atoms with E-state index in [1.165, 1.54) is 4.90 Å². The molecule has 0 spiro atoms. The van der Waals surface area contributed by atoms with Crippen molar-refractivity contribution in [1.82, 2.24) is 4.98 Å². The molecule has 3 aromatic rings. The van der Waals surface area contributed by atoms with Crippen LogP contribution in [0.2, 0.25) is 5.02 Å². The third-order valence-corrected chi connectivity index (χ3v) is 5.24. The summed E-state index contributed by atoms with van der Waals surface area (Å²) in [5.41, 5.74) is 9.38. The summed E-state index contributed by atoms with van der Waals surface area (Å²) in [6.45, 7) is 1.68. The van der Waals surface area contributed by atoms with Crippen molar-refractivity contribution in [2.75, 3.05) is 26.4 Å². The van der Waals surface area contributed by atoms with Crippen LogP contribution in [0.4, 0.5) is 5.82 Å². The molecule has 0 unspecified atom stereocenters. The lowest BCUT2D eigenvalue weighted by atomic mass is 9.83. The number of aromatic nitrogens is 2. The van der Waals surface area contributed by atoms with Gasteiger partial charge in [-0.25, -0.2) is 4.57 Å². The molecular formula is C21H23ClN4O2+2. The molecular weight excluding hydrogens is 376 g/mol. The summed E-state index contributed by atoms with van der Waals surface area (Å²) in [6.07, 6.45) is 1.71. The lowest BCUT2D eigenvalue weighted by Gasteiger charge is -2.27. The molecule has 1 aromatic heterocycles. The van der Waals surface area contributed by atoms with Crippen molar-refractivity contribution in [3.63, 3.8) is 0 Å². The molecule has 2 heterocycles. The summed E-state index contributed by atoms with van der Waals surface area (Å²) in [4.78, 5) is 5.85. The van der Waals surface area contributed by atoms with Gasteiger partial charge in [0.25, 0.3) is 0 Å². The lowest BCUT2D eigenvalue weighted by molar-refractivity contribution is -0.882. The fourth-order valence-electron chi connectivity index (χ4n) is 3.50. The molecule has 4 rings (SSSR count). The molecule has 0 fully saturated rings. The van der Waals surface area contributed by atoms with E-state index in [9.17, 15) is 5.11 Å². The van der Waals surface area contributed by atoms with E-state index in [0.717, 1.165) is 29.8 Å². The van der Waals surface area contributed by atoms with Gasteiger partial charge in [-0.05, 0) is 23.8 Å². The van der Waals surface area contributed by atoms with Crippen LogP contribution in [-0.4, -0.2) is 30.7 Å². The maximum Gasteiger partial charge on any atom is 0.306 e. The van der Waals surface area contributed by atoms with Crippen LogP contribution in [0, 0.1) is 0 Å². The van der Waals surface area contributed by atoms with Gasteiger partial charge in [-0.15, -0.1) is 0 Å². The molecule has 7 heteroatoms. The van der Waals surface area contributed by atoms with E-state index in [2.05, 4.69) is 19.1 Å². The summed E-state index contributed by atoms with van der Waals surface area (Å²) in [7, 11) is 4.20. The standard InChI is InChI=1S/C21H21ClN4O2/c1-25(2)9-10-26-12-24-21-19(20(26)23)18(13-3-5-14(22)6-4-13)16-8-7-15(27)11-17(16)28-21/h3-8,11-12,18,23,27H,9-10H2,1-2H3/p+2/t18-/m1/s1. The topological polar surface area (TPSA) is 76.7 Å². The first-order valence-electron chi connectivity index (χ1n) is 9.17. The molecule has 6 nitrogen and oxygen atoms in total. The van der Waals surface area contributed by atoms with Crippen LogP contribution >= 0.6 is 11.6 Å². The maximum absolute atomic E-state index is 9.90. The molecule has 0 saturated carbocycles. The van der Waals surface area contributed by atoms with Crippen molar-refractivity contribution >= 4 is 17.4 Å². The number of fused-ring (bicyclic) bond motifs is 2. The minimum Gasteiger partial charge on any atom is -0.508 e. The van der Waals surface area contributed by atoms with Crippen molar-refractivity contribution in [2.45, 2.75) is 12.5 Å². The zero-order valence-corrected chi connectivity index (χ0v) is 16.6. The van der Waals surface area contributed by atoms with Gasteiger partial charge in [0.15, 0.2) is 0 Å². The van der Waals surface area contributed by atoms with E-state index in [1.54, 1.807) is 18.5 Å². The smallest absolute Gasteiger partial charge is 0.306 e. The minimum absolute atomic E-state index is 0.144. The molecule has 1 aliphatic heterocycles. The van der Waals surface area contributed by atoms with E-state index < -0.39 is 0 Å². The van der Waals surface area contributed by atoms with Crippen LogP contribution in [0.25, 0.3) is 0 Å². The summed E-state index contributed by atoms with van der Waals surface area (Å²) in [5, 5.41) is 10.6. The summed E-state index contributed by atoms with van der Waals surface area (Å²) >= 11 is 6.10. The lowest BCUT2D eigenvalue weighted by Crippen LogP contribution is -3.06. The predicted molar refractivity (Wildman–Crippen MR) is 107 cm³/mol. The first-order valence-corrected chi connectivity index (χ1v) is 9.55. The number of ether oxygens (including phenoxy) is 1. The van der Waals surface area contributed by atoms with Gasteiger partial charge in [-0.2, -0.15) is 0 Å². The van der Waals surface area contributed by atoms with Gasteiger partial charge in [-0.3, -0.25) is 0 Å². The highest BCUT2D eigenvalue weighted by Gasteiger charge is 2.36. The van der Waals surface area contributed by atoms with E-state index in [0.29, 0.717) is 22.5 Å². The Morgan fingerprint density at radius 2 is 1.96 bits per heavy atom. The maximum atomic E-state index is 9.90. The molecule has 144 valence electrons. The summed E-state index contributed by atoms with van der Waals surface area (Å²) in [5.74, 6) is 1.65. The molecule has 28 heavy (non-hydrogen) atoms. The number of nitrogens with two attached hydrogens (primary N) is 1. The average molecular weight is 399 g/mol. The summed E-state index contributed by atoms with van der Waals surface area (Å²) < 4.78 is 7.96. The van der Waals surface area contributed by atoms with Crippen LogP contribution in [-0.2, 0) is 6.54 Å². The Morgan fingerprint density at radius 1 is 1.21 bits per heavy atom. The monoisotopic (exact) mass is 398 g/mol. The number of aromatic hydroxyl groups is 1. The first kappa shape index (κ1) is 18.5. The number of nitrogens with zero attached hydrogens (tertiary/aromatic N) is 2. The molecule has 0 bridgehead atoms. The second-order valence-corrected chi connectivity index (χ2v) is 7.74. The first-order chi connectivity index (χ1) is 13.4. The van der Waals surface area contributed by atoms with E-state index in [4.69, 9.17) is 22.1 Å². The van der Waals surface area contributed by atoms with Gasteiger partial charge in [-0.1, -0.05) is 34.8 Å². The average Bonchev–Trinajstić information content (AvgIpc) is 2.66. The zero-order valence-electron chi connectivity index (χ0n) is 15.8. The van der Waals surface area contributed by atoms with Crippen LogP contribution in [0.15, 0.2) is 48.8 Å². The number of nitrogens with one attached hydrogen (secondary N) is 1. The van der Waals surface area contributed by atoms with Crippen LogP contribution < -0.4 is 19.9 Å². The quantitative estimate of drug-likeness (QED) is 0.458. The fourth-order valence-corrected chi connectivity index (χ4v) is 3.63. The molecule has 0 radical (unpaired) electrons. The normalized spacial score (nSPS) is 15.1. The SMILES string of the molecule is C[NH+](C)CC[n+]1cnc2c(c1N)[C@H](c1ccc(Cl)cc1)c1ccc(O)cc1O2. The second-order valence-electron chi connectivity index (χ2n) is 7.31. The zero-order chi connectivity index (χ0) is 19.8. The van der Waals surface area contributed by atoms with Crippen molar-refractivity contribution in [3.05, 3.63) is 70.5 Å². The van der Waals surface area contributed by atoms with E-state index in [-0.39, 0.29) is 11.7 Å². The molecule has 2 aromatic carbocycles. The fraction of sp³-hybridized carbons (Fsp3) is 0.238. The number of quaternary nitrogens is 1. The number of phenolic OH excluding ortho intramolecular Hbond substituents is 1. The number of rotatable bonds is 4. The van der Waals surface area contributed by atoms with Crippen LogP contribution in [0.1, 0.15) is 22.6 Å². The number of likely N-dealkylation sites (N-methyl/N-ethyl adjacent to an activating group) is 1. The van der Waals surface area contributed by atoms with Crippen molar-refractivity contribution in [1.29, 1.82) is 0 Å². The van der Waals surface area contributed by atoms with Gasteiger partial charge in [0.2, 0.25) is 12.1 Å². The van der Waals surface area contributed by atoms with Crippen molar-refractivity contribution < 1.29 is 19.3 Å². The van der Waals surface area contributed by atoms with Gasteiger partial charge < -0.3 is 20.5 Å². The number of hydrogen-bond acceptors (Lipinski definition) is 4. The predicted octanol–water partition coefficient (Wildman–Crippen LogP) is 1.74. The van der Waals surface area contributed by atoms with E-state index in [1.807, 2.05) is 34.9 Å². The Balaban J connectivity index is 1.89. The van der Waals surface area contributed by atoms with Crippen molar-refractivity contribution in [2.24, 2.45) is 0 Å². The number of phenols is 1. The molecule has 0 amide bonds. The van der Waals surface area contributed by atoms with Crippen LogP contribution in [0.5, 0.6) is 17.4 Å². The Kier molecular flexibility index (Phi) is 4.83. The van der Waals surface area contributed by atoms with Gasteiger partial charge in [0, 0.05) is 16.7 Å². The molecule has 0 aliphatic carbocycles. The van der Waals surface area contributed by atoms with Crippen molar-refractivity contribution in [3.8, 4) is 17.4 Å². The number of nitrogen functional groups attached to an aromatic ring is 1. The molecule has 1 atom stereocenters. The highest BCUT2D eigenvalue weighted by molar-refractivity contribution is 6.30. The molecule has 4 N–H and O–H groups in total. The van der Waals surface area contributed by atoms with Gasteiger partial charge >= 0.3 is 5.88 Å². The second kappa shape index (κ2) is 7.30. The van der Waals surface area contributed by atoms with Gasteiger partial charge in [0.05, 0.1) is 20.0 Å². The Bertz CT molecular complexity index is 1020. The third-order valence-electron chi connectivity index (χ3n) is 4.99. The minimum atomic E-state index is -0.164. The van der Waals surface area contributed by atoms with E-state index >= 15 is 0 Å². The molecule has 1 aliphatic rings. The Morgan fingerprint density at radius 3 is 2.68 bits per heavy atom.